The zero-order valence-corrected chi connectivity index (χ0v) is 20.2. The quantitative estimate of drug-likeness (QED) is 0.569. The molecule has 3 aromatic rings. The summed E-state index contributed by atoms with van der Waals surface area (Å²) in [5.74, 6) is 0.399. The Bertz CT molecular complexity index is 1370. The van der Waals surface area contributed by atoms with Gasteiger partial charge < -0.3 is 14.4 Å². The number of nitrogens with zero attached hydrogens (tertiary/aromatic N) is 6. The molecule has 1 saturated carbocycles. The van der Waals surface area contributed by atoms with Crippen molar-refractivity contribution in [1.82, 2.24) is 19.5 Å². The number of carbonyl (C=O) groups excluding carboxylic acids is 1. The van der Waals surface area contributed by atoms with Gasteiger partial charge >= 0.3 is 6.09 Å². The molecule has 1 saturated heterocycles. The van der Waals surface area contributed by atoms with Crippen molar-refractivity contribution in [3.8, 4) is 6.07 Å². The summed E-state index contributed by atoms with van der Waals surface area (Å²) in [6.07, 6.45) is 6.35. The summed E-state index contributed by atoms with van der Waals surface area (Å²) in [7, 11) is 0. The van der Waals surface area contributed by atoms with E-state index in [2.05, 4.69) is 39.1 Å². The molecule has 2 aromatic heterocycles. The topological polar surface area (TPSA) is 117 Å². The molecule has 1 aromatic carbocycles. The van der Waals surface area contributed by atoms with Crippen LogP contribution in [-0.4, -0.2) is 42.9 Å². The lowest BCUT2D eigenvalue weighted by atomic mass is 9.65. The third-order valence-electron chi connectivity index (χ3n) is 7.23. The first-order valence-corrected chi connectivity index (χ1v) is 11.6. The summed E-state index contributed by atoms with van der Waals surface area (Å²) in [4.78, 5) is 27.6. The number of ether oxygens (including phenoxy) is 1. The highest BCUT2D eigenvalue weighted by molar-refractivity contribution is 5.89. The average molecular weight is 473 g/mol. The number of rotatable bonds is 4. The SMILES string of the molecule is C=C1CC[C@]2(CN(c3cnc(C(C)(C)O)cn3)C(=O)O2)C[C@]1(C)Cn1cnc2ccc(C#N)cc21. The number of anilines is 1. The fourth-order valence-corrected chi connectivity index (χ4v) is 5.20. The van der Waals surface area contributed by atoms with Gasteiger partial charge in [0.2, 0.25) is 0 Å². The molecule has 9 heteroatoms. The number of imidazole rings is 1. The molecular weight excluding hydrogens is 444 g/mol. The monoisotopic (exact) mass is 472 g/mol. The second-order valence-electron chi connectivity index (χ2n) is 10.5. The first-order valence-electron chi connectivity index (χ1n) is 11.6. The molecule has 0 bridgehead atoms. The van der Waals surface area contributed by atoms with Gasteiger partial charge in [-0.3, -0.25) is 9.88 Å². The Morgan fingerprint density at radius 2 is 2.09 bits per heavy atom. The number of hydrogen-bond donors (Lipinski definition) is 1. The fraction of sp³-hybridized carbons (Fsp3) is 0.423. The Balaban J connectivity index is 1.40. The van der Waals surface area contributed by atoms with Crippen LogP contribution < -0.4 is 4.90 Å². The second kappa shape index (κ2) is 7.89. The molecular formula is C26H28N6O3. The fourth-order valence-electron chi connectivity index (χ4n) is 5.20. The number of hydrogen-bond acceptors (Lipinski definition) is 7. The van der Waals surface area contributed by atoms with Gasteiger partial charge in [0.15, 0.2) is 5.82 Å². The van der Waals surface area contributed by atoms with Gasteiger partial charge in [-0.1, -0.05) is 19.1 Å². The van der Waals surface area contributed by atoms with Crippen molar-refractivity contribution in [1.29, 1.82) is 5.26 Å². The molecule has 1 aliphatic heterocycles. The molecule has 1 N–H and O–H groups in total. The Labute approximate surface area is 203 Å². The van der Waals surface area contributed by atoms with Gasteiger partial charge in [-0.15, -0.1) is 0 Å². The van der Waals surface area contributed by atoms with E-state index >= 15 is 0 Å². The number of carbonyl (C=O) groups is 1. The van der Waals surface area contributed by atoms with E-state index in [4.69, 9.17) is 4.74 Å². The minimum Gasteiger partial charge on any atom is -0.441 e. The van der Waals surface area contributed by atoms with Crippen molar-refractivity contribution in [3.05, 3.63) is 60.3 Å². The summed E-state index contributed by atoms with van der Waals surface area (Å²) in [6.45, 7) is 10.7. The maximum absolute atomic E-state index is 12.9. The zero-order valence-electron chi connectivity index (χ0n) is 20.2. The Kier molecular flexibility index (Phi) is 5.18. The number of amides is 1. The number of nitriles is 1. The van der Waals surface area contributed by atoms with Crippen LogP contribution in [0, 0.1) is 16.7 Å². The highest BCUT2D eigenvalue weighted by Gasteiger charge is 2.53. The van der Waals surface area contributed by atoms with E-state index in [9.17, 15) is 15.2 Å². The summed E-state index contributed by atoms with van der Waals surface area (Å²) in [5.41, 5.74) is 1.71. The predicted octanol–water partition coefficient (Wildman–Crippen LogP) is 4.07. The number of aliphatic hydroxyl groups is 1. The van der Waals surface area contributed by atoms with E-state index in [0.717, 1.165) is 23.0 Å². The van der Waals surface area contributed by atoms with Gasteiger partial charge in [0.05, 0.1) is 53.6 Å². The third kappa shape index (κ3) is 4.04. The van der Waals surface area contributed by atoms with Crippen LogP contribution in [0.3, 0.4) is 0 Å². The molecule has 0 radical (unpaired) electrons. The van der Waals surface area contributed by atoms with Crippen LogP contribution in [0.5, 0.6) is 0 Å². The van der Waals surface area contributed by atoms with Crippen LogP contribution in [0.1, 0.15) is 51.3 Å². The molecule has 1 aliphatic carbocycles. The lowest BCUT2D eigenvalue weighted by Crippen LogP contribution is -2.46. The molecule has 5 rings (SSSR count). The maximum Gasteiger partial charge on any atom is 0.416 e. The van der Waals surface area contributed by atoms with Crippen molar-refractivity contribution >= 4 is 22.9 Å². The number of benzene rings is 1. The van der Waals surface area contributed by atoms with Gasteiger partial charge in [0.1, 0.15) is 11.2 Å². The summed E-state index contributed by atoms with van der Waals surface area (Å²) in [6, 6.07) is 7.65. The van der Waals surface area contributed by atoms with Crippen molar-refractivity contribution in [2.24, 2.45) is 5.41 Å². The molecule has 35 heavy (non-hydrogen) atoms. The number of aromatic nitrogens is 4. The Morgan fingerprint density at radius 1 is 1.29 bits per heavy atom. The zero-order chi connectivity index (χ0) is 25.0. The lowest BCUT2D eigenvalue weighted by Gasteiger charge is -2.44. The molecule has 180 valence electrons. The van der Waals surface area contributed by atoms with Gasteiger partial charge in [-0.2, -0.15) is 5.26 Å². The summed E-state index contributed by atoms with van der Waals surface area (Å²) >= 11 is 0. The van der Waals surface area contributed by atoms with Gasteiger partial charge in [-0.25, -0.2) is 14.8 Å². The molecule has 3 heterocycles. The molecule has 1 amide bonds. The minimum absolute atomic E-state index is 0.346. The third-order valence-corrected chi connectivity index (χ3v) is 7.23. The summed E-state index contributed by atoms with van der Waals surface area (Å²) in [5, 5.41) is 19.4. The van der Waals surface area contributed by atoms with Crippen LogP contribution in [-0.2, 0) is 16.9 Å². The standard InChI is InChI=1S/C26H28N6O3/c1-17-7-8-26(15-32(23(33)35-26)22-12-28-21(11-29-22)24(2,3)34)13-25(17,4)14-31-16-30-19-6-5-18(10-27)9-20(19)31/h5-6,9,11-12,16,34H,1,7-8,13-15H2,2-4H3/t25-,26-/m1/s1. The van der Waals surface area contributed by atoms with E-state index in [1.807, 2.05) is 12.1 Å². The minimum atomic E-state index is -1.12. The van der Waals surface area contributed by atoms with Crippen molar-refractivity contribution in [3.63, 3.8) is 0 Å². The van der Waals surface area contributed by atoms with Crippen LogP contribution in [0.15, 0.2) is 49.1 Å². The van der Waals surface area contributed by atoms with E-state index < -0.39 is 17.3 Å². The van der Waals surface area contributed by atoms with Gasteiger partial charge in [0, 0.05) is 12.0 Å². The molecule has 1 spiro atoms. The lowest BCUT2D eigenvalue weighted by molar-refractivity contribution is -0.00400. The largest absolute Gasteiger partial charge is 0.441 e. The molecule has 2 aliphatic rings. The van der Waals surface area contributed by atoms with Crippen molar-refractivity contribution in [2.45, 2.75) is 57.8 Å². The highest BCUT2D eigenvalue weighted by Crippen LogP contribution is 2.50. The molecule has 2 atom stereocenters. The van der Waals surface area contributed by atoms with E-state index in [1.165, 1.54) is 17.3 Å². The van der Waals surface area contributed by atoms with E-state index in [0.29, 0.717) is 43.0 Å². The summed E-state index contributed by atoms with van der Waals surface area (Å²) < 4.78 is 8.05. The highest BCUT2D eigenvalue weighted by atomic mass is 16.6. The maximum atomic E-state index is 12.9. The Morgan fingerprint density at radius 3 is 2.77 bits per heavy atom. The van der Waals surface area contributed by atoms with Crippen LogP contribution >= 0.6 is 0 Å². The predicted molar refractivity (Wildman–Crippen MR) is 129 cm³/mol. The smallest absolute Gasteiger partial charge is 0.416 e. The van der Waals surface area contributed by atoms with E-state index in [-0.39, 0.29) is 5.41 Å². The second-order valence-corrected chi connectivity index (χ2v) is 10.5. The van der Waals surface area contributed by atoms with Crippen molar-refractivity contribution < 1.29 is 14.6 Å². The Hall–Kier alpha value is -3.77. The molecule has 2 fully saturated rings. The van der Waals surface area contributed by atoms with Crippen LogP contribution in [0.25, 0.3) is 11.0 Å². The average Bonchev–Trinajstić information content (AvgIpc) is 3.36. The first-order chi connectivity index (χ1) is 16.5. The van der Waals surface area contributed by atoms with Crippen LogP contribution in [0.4, 0.5) is 10.6 Å². The number of fused-ring (bicyclic) bond motifs is 1. The van der Waals surface area contributed by atoms with Gasteiger partial charge in [-0.05, 0) is 51.3 Å². The molecule has 9 nitrogen and oxygen atoms in total. The molecule has 0 unspecified atom stereocenters. The van der Waals surface area contributed by atoms with Crippen molar-refractivity contribution in [2.75, 3.05) is 11.4 Å². The van der Waals surface area contributed by atoms with Gasteiger partial charge in [0.25, 0.3) is 0 Å². The van der Waals surface area contributed by atoms with E-state index in [1.54, 1.807) is 26.2 Å². The van der Waals surface area contributed by atoms with Crippen LogP contribution in [0.2, 0.25) is 0 Å². The number of allylic oxidation sites excluding steroid dienone is 1. The normalized spacial score (nSPS) is 24.7. The first kappa shape index (κ1) is 23.0.